The first-order valence-corrected chi connectivity index (χ1v) is 5.57. The van der Waals surface area contributed by atoms with Crippen molar-refractivity contribution in [3.8, 4) is 11.5 Å². The monoisotopic (exact) mass is 273 g/mol. The molecule has 0 fully saturated rings. The van der Waals surface area contributed by atoms with Gasteiger partial charge in [0.15, 0.2) is 11.5 Å². The number of hydrogen-bond donors (Lipinski definition) is 1. The summed E-state index contributed by atoms with van der Waals surface area (Å²) in [5.74, 6) is 1.58. The van der Waals surface area contributed by atoms with Crippen LogP contribution in [0.3, 0.4) is 0 Å². The molecule has 0 unspecified atom stereocenters. The van der Waals surface area contributed by atoms with Crippen molar-refractivity contribution >= 4 is 15.9 Å². The van der Waals surface area contributed by atoms with E-state index in [2.05, 4.69) is 21.2 Å². The maximum Gasteiger partial charge on any atom is 0.165 e. The zero-order chi connectivity index (χ0) is 11.3. The molecule has 0 spiro atoms. The quantitative estimate of drug-likeness (QED) is 0.893. The molecule has 0 aliphatic heterocycles. The standard InChI is InChI=1S/C11H16BrNO2/c1-13-7-6-8-9(12)4-5-10(14-2)11(8)15-3/h4-5,13H,6-7H2,1-3H3. The summed E-state index contributed by atoms with van der Waals surface area (Å²) in [6.07, 6.45) is 0.900. The number of nitrogens with one attached hydrogen (secondary N) is 1. The number of methoxy groups -OCH3 is 2. The van der Waals surface area contributed by atoms with E-state index in [0.717, 1.165) is 34.5 Å². The van der Waals surface area contributed by atoms with Crippen molar-refractivity contribution in [2.24, 2.45) is 0 Å². The molecule has 1 aromatic carbocycles. The fourth-order valence-electron chi connectivity index (χ4n) is 1.45. The summed E-state index contributed by atoms with van der Waals surface area (Å²) < 4.78 is 11.7. The molecule has 0 saturated carbocycles. The maximum atomic E-state index is 5.36. The molecule has 1 rings (SSSR count). The molecular weight excluding hydrogens is 258 g/mol. The minimum Gasteiger partial charge on any atom is -0.493 e. The number of ether oxygens (including phenoxy) is 2. The van der Waals surface area contributed by atoms with Crippen LogP contribution in [0.1, 0.15) is 5.56 Å². The fraction of sp³-hybridized carbons (Fsp3) is 0.455. The Labute approximate surface area is 98.9 Å². The van der Waals surface area contributed by atoms with Gasteiger partial charge in [0.1, 0.15) is 0 Å². The van der Waals surface area contributed by atoms with Crippen molar-refractivity contribution in [3.63, 3.8) is 0 Å². The van der Waals surface area contributed by atoms with Gasteiger partial charge >= 0.3 is 0 Å². The first-order valence-electron chi connectivity index (χ1n) is 4.78. The molecule has 0 aliphatic rings. The van der Waals surface area contributed by atoms with Crippen LogP contribution in [-0.2, 0) is 6.42 Å². The highest BCUT2D eigenvalue weighted by atomic mass is 79.9. The van der Waals surface area contributed by atoms with Gasteiger partial charge < -0.3 is 14.8 Å². The predicted octanol–water partition coefficient (Wildman–Crippen LogP) is 2.23. The van der Waals surface area contributed by atoms with Crippen LogP contribution in [0.25, 0.3) is 0 Å². The first-order chi connectivity index (χ1) is 7.24. The third-order valence-electron chi connectivity index (χ3n) is 2.22. The number of rotatable bonds is 5. The zero-order valence-corrected chi connectivity index (χ0v) is 10.8. The zero-order valence-electron chi connectivity index (χ0n) is 9.26. The van der Waals surface area contributed by atoms with E-state index in [1.807, 2.05) is 19.2 Å². The van der Waals surface area contributed by atoms with E-state index in [1.165, 1.54) is 0 Å². The van der Waals surface area contributed by atoms with Crippen LogP contribution >= 0.6 is 15.9 Å². The molecule has 84 valence electrons. The highest BCUT2D eigenvalue weighted by molar-refractivity contribution is 9.10. The molecule has 0 saturated heterocycles. The van der Waals surface area contributed by atoms with Crippen LogP contribution in [-0.4, -0.2) is 27.8 Å². The second kappa shape index (κ2) is 5.98. The summed E-state index contributed by atoms with van der Waals surface area (Å²) in [5, 5.41) is 3.11. The Kier molecular flexibility index (Phi) is 4.91. The highest BCUT2D eigenvalue weighted by Crippen LogP contribution is 2.36. The molecule has 0 aromatic heterocycles. The molecule has 0 radical (unpaired) electrons. The minimum atomic E-state index is 0.770. The summed E-state index contributed by atoms with van der Waals surface area (Å²) in [6, 6.07) is 3.87. The molecule has 15 heavy (non-hydrogen) atoms. The Bertz CT molecular complexity index is 329. The topological polar surface area (TPSA) is 30.5 Å². The van der Waals surface area contributed by atoms with Gasteiger partial charge in [-0.05, 0) is 32.1 Å². The lowest BCUT2D eigenvalue weighted by molar-refractivity contribution is 0.351. The van der Waals surface area contributed by atoms with E-state index in [0.29, 0.717) is 0 Å². The molecule has 0 aliphatic carbocycles. The molecule has 3 nitrogen and oxygen atoms in total. The molecule has 0 amide bonds. The summed E-state index contributed by atoms with van der Waals surface area (Å²) in [6.45, 7) is 0.905. The number of benzene rings is 1. The van der Waals surface area contributed by atoms with Crippen molar-refractivity contribution in [2.45, 2.75) is 6.42 Å². The van der Waals surface area contributed by atoms with Crippen molar-refractivity contribution in [1.82, 2.24) is 5.32 Å². The lowest BCUT2D eigenvalue weighted by Crippen LogP contribution is -2.11. The van der Waals surface area contributed by atoms with Gasteiger partial charge in [0.25, 0.3) is 0 Å². The highest BCUT2D eigenvalue weighted by Gasteiger charge is 2.12. The van der Waals surface area contributed by atoms with Gasteiger partial charge in [-0.15, -0.1) is 0 Å². The van der Waals surface area contributed by atoms with Gasteiger partial charge in [0, 0.05) is 10.0 Å². The van der Waals surface area contributed by atoms with Gasteiger partial charge in [-0.1, -0.05) is 15.9 Å². The van der Waals surface area contributed by atoms with Crippen LogP contribution in [0.15, 0.2) is 16.6 Å². The second-order valence-corrected chi connectivity index (χ2v) is 3.97. The lowest BCUT2D eigenvalue weighted by Gasteiger charge is -2.14. The first kappa shape index (κ1) is 12.3. The normalized spacial score (nSPS) is 10.1. The van der Waals surface area contributed by atoms with E-state index in [9.17, 15) is 0 Å². The second-order valence-electron chi connectivity index (χ2n) is 3.12. The van der Waals surface area contributed by atoms with Gasteiger partial charge in [-0.3, -0.25) is 0 Å². The number of halogens is 1. The maximum absolute atomic E-state index is 5.36. The van der Waals surface area contributed by atoms with Crippen LogP contribution in [0.4, 0.5) is 0 Å². The lowest BCUT2D eigenvalue weighted by atomic mass is 10.1. The van der Waals surface area contributed by atoms with Gasteiger partial charge in [0.2, 0.25) is 0 Å². The van der Waals surface area contributed by atoms with Crippen LogP contribution < -0.4 is 14.8 Å². The Morgan fingerprint density at radius 1 is 1.27 bits per heavy atom. The van der Waals surface area contributed by atoms with Crippen molar-refractivity contribution in [1.29, 1.82) is 0 Å². The van der Waals surface area contributed by atoms with Crippen LogP contribution in [0.5, 0.6) is 11.5 Å². The van der Waals surface area contributed by atoms with Crippen molar-refractivity contribution in [2.75, 3.05) is 27.8 Å². The average Bonchev–Trinajstić information content (AvgIpc) is 2.27. The number of hydrogen-bond acceptors (Lipinski definition) is 3. The van der Waals surface area contributed by atoms with E-state index < -0.39 is 0 Å². The summed E-state index contributed by atoms with van der Waals surface area (Å²) in [5.41, 5.74) is 1.13. The molecule has 0 heterocycles. The summed E-state index contributed by atoms with van der Waals surface area (Å²) in [7, 11) is 5.24. The predicted molar refractivity (Wildman–Crippen MR) is 64.9 cm³/mol. The molecule has 1 aromatic rings. The summed E-state index contributed by atoms with van der Waals surface area (Å²) >= 11 is 3.52. The van der Waals surface area contributed by atoms with E-state index in [-0.39, 0.29) is 0 Å². The van der Waals surface area contributed by atoms with Crippen molar-refractivity contribution in [3.05, 3.63) is 22.2 Å². The number of likely N-dealkylation sites (N-methyl/N-ethyl adjacent to an activating group) is 1. The molecule has 1 N–H and O–H groups in total. The van der Waals surface area contributed by atoms with Crippen molar-refractivity contribution < 1.29 is 9.47 Å². The fourth-order valence-corrected chi connectivity index (χ4v) is 1.96. The molecule has 0 bridgehead atoms. The SMILES string of the molecule is CNCCc1c(Br)ccc(OC)c1OC. The average molecular weight is 274 g/mol. The Hall–Kier alpha value is -0.740. The molecular formula is C11H16BrNO2. The van der Waals surface area contributed by atoms with Crippen LogP contribution in [0.2, 0.25) is 0 Å². The molecule has 0 atom stereocenters. The largest absolute Gasteiger partial charge is 0.493 e. The Morgan fingerprint density at radius 2 is 2.00 bits per heavy atom. The van der Waals surface area contributed by atoms with Gasteiger partial charge in [0.05, 0.1) is 14.2 Å². The van der Waals surface area contributed by atoms with Gasteiger partial charge in [-0.25, -0.2) is 0 Å². The third-order valence-corrected chi connectivity index (χ3v) is 2.96. The Balaban J connectivity index is 3.07. The molecule has 4 heteroatoms. The summed E-state index contributed by atoms with van der Waals surface area (Å²) in [4.78, 5) is 0. The van der Waals surface area contributed by atoms with E-state index >= 15 is 0 Å². The van der Waals surface area contributed by atoms with E-state index in [1.54, 1.807) is 14.2 Å². The van der Waals surface area contributed by atoms with Crippen LogP contribution in [0, 0.1) is 0 Å². The minimum absolute atomic E-state index is 0.770. The third kappa shape index (κ3) is 2.86. The Morgan fingerprint density at radius 3 is 2.53 bits per heavy atom. The van der Waals surface area contributed by atoms with E-state index in [4.69, 9.17) is 9.47 Å². The van der Waals surface area contributed by atoms with Gasteiger partial charge in [-0.2, -0.15) is 0 Å². The smallest absolute Gasteiger partial charge is 0.165 e.